The van der Waals surface area contributed by atoms with Crippen LogP contribution in [-0.2, 0) is 19.7 Å². The maximum absolute atomic E-state index is 13.5. The van der Waals surface area contributed by atoms with Crippen molar-refractivity contribution in [2.24, 2.45) is 4.99 Å². The molecule has 27 heavy (non-hydrogen) atoms. The van der Waals surface area contributed by atoms with E-state index in [0.29, 0.717) is 25.3 Å². The number of nitrogens with zero attached hydrogens (tertiary/aromatic N) is 2. The number of aliphatic hydroxyl groups is 1. The van der Waals surface area contributed by atoms with Crippen LogP contribution >= 0.6 is 24.0 Å². The maximum atomic E-state index is 13.5. The summed E-state index contributed by atoms with van der Waals surface area (Å²) < 4.78 is 18.9. The van der Waals surface area contributed by atoms with E-state index in [4.69, 9.17) is 4.74 Å². The van der Waals surface area contributed by atoms with E-state index < -0.39 is 5.82 Å². The number of aliphatic hydroxyl groups excluding tert-OH is 1. The van der Waals surface area contributed by atoms with E-state index in [-0.39, 0.29) is 30.6 Å². The first kappa shape index (κ1) is 23.2. The van der Waals surface area contributed by atoms with E-state index in [1.165, 1.54) is 6.07 Å². The van der Waals surface area contributed by atoms with Crippen LogP contribution in [0.25, 0.3) is 0 Å². The number of nitrogens with one attached hydrogen (secondary N) is 1. The lowest BCUT2D eigenvalue weighted by Crippen LogP contribution is -2.38. The summed E-state index contributed by atoms with van der Waals surface area (Å²) in [7, 11) is 3.68. The Morgan fingerprint density at radius 2 is 1.85 bits per heavy atom. The largest absolute Gasteiger partial charge is 0.494 e. The van der Waals surface area contributed by atoms with Gasteiger partial charge < -0.3 is 20.1 Å². The molecule has 0 heterocycles. The molecule has 0 amide bonds. The molecule has 7 heteroatoms. The second-order valence-electron chi connectivity index (χ2n) is 5.92. The summed E-state index contributed by atoms with van der Waals surface area (Å²) in [5.74, 6) is 1.19. The van der Waals surface area contributed by atoms with Gasteiger partial charge in [-0.3, -0.25) is 4.99 Å². The third-order valence-corrected chi connectivity index (χ3v) is 3.96. The van der Waals surface area contributed by atoms with Gasteiger partial charge in [-0.15, -0.1) is 24.0 Å². The van der Waals surface area contributed by atoms with E-state index in [0.717, 1.165) is 22.8 Å². The van der Waals surface area contributed by atoms with Gasteiger partial charge in [0.05, 0.1) is 13.2 Å². The van der Waals surface area contributed by atoms with Gasteiger partial charge in [-0.1, -0.05) is 18.2 Å². The second kappa shape index (κ2) is 11.8. The van der Waals surface area contributed by atoms with Gasteiger partial charge in [-0.2, -0.15) is 0 Å². The molecule has 0 saturated carbocycles. The Balaban J connectivity index is 0.00000364. The molecule has 2 aromatic carbocycles. The average Bonchev–Trinajstić information content (AvgIpc) is 2.65. The van der Waals surface area contributed by atoms with Gasteiger partial charge in [-0.25, -0.2) is 4.39 Å². The van der Waals surface area contributed by atoms with Crippen LogP contribution in [0.5, 0.6) is 5.75 Å². The lowest BCUT2D eigenvalue weighted by atomic mass is 10.1. The van der Waals surface area contributed by atoms with Gasteiger partial charge in [0.25, 0.3) is 0 Å². The predicted molar refractivity (Wildman–Crippen MR) is 117 cm³/mol. The van der Waals surface area contributed by atoms with Crippen LogP contribution in [0.1, 0.15) is 23.6 Å². The van der Waals surface area contributed by atoms with Crippen molar-refractivity contribution in [3.05, 3.63) is 65.0 Å². The van der Waals surface area contributed by atoms with Crippen molar-refractivity contribution in [2.75, 3.05) is 20.7 Å². The summed E-state index contributed by atoms with van der Waals surface area (Å²) in [5, 5.41) is 12.4. The predicted octanol–water partition coefficient (Wildman–Crippen LogP) is 3.54. The number of hydrogen-bond donors (Lipinski definition) is 2. The fourth-order valence-electron chi connectivity index (χ4n) is 2.63. The van der Waals surface area contributed by atoms with Gasteiger partial charge in [-0.05, 0) is 42.3 Å². The number of halogens is 2. The minimum absolute atomic E-state index is 0. The molecule has 0 unspecified atom stereocenters. The van der Waals surface area contributed by atoms with Gasteiger partial charge in [0.1, 0.15) is 11.6 Å². The number of ether oxygens (including phenoxy) is 1. The highest BCUT2D eigenvalue weighted by atomic mass is 127. The summed E-state index contributed by atoms with van der Waals surface area (Å²) in [6.07, 6.45) is 0. The third-order valence-electron chi connectivity index (χ3n) is 3.96. The van der Waals surface area contributed by atoms with Crippen molar-refractivity contribution in [3.63, 3.8) is 0 Å². The molecule has 0 bridgehead atoms. The van der Waals surface area contributed by atoms with Crippen molar-refractivity contribution < 1.29 is 14.2 Å². The highest BCUT2D eigenvalue weighted by molar-refractivity contribution is 14.0. The molecule has 0 fully saturated rings. The van der Waals surface area contributed by atoms with Crippen molar-refractivity contribution in [2.45, 2.75) is 26.6 Å². The van der Waals surface area contributed by atoms with Gasteiger partial charge in [0, 0.05) is 32.7 Å². The molecule has 0 atom stereocenters. The molecule has 0 aliphatic heterocycles. The molecule has 0 aliphatic carbocycles. The van der Waals surface area contributed by atoms with Gasteiger partial charge in [0.15, 0.2) is 5.96 Å². The van der Waals surface area contributed by atoms with E-state index in [1.807, 2.05) is 43.1 Å². The average molecular weight is 487 g/mol. The summed E-state index contributed by atoms with van der Waals surface area (Å²) in [6.45, 7) is 3.48. The van der Waals surface area contributed by atoms with Crippen molar-refractivity contribution >= 4 is 29.9 Å². The summed E-state index contributed by atoms with van der Waals surface area (Å²) in [4.78, 5) is 6.30. The SMILES string of the molecule is CCOc1ccc(CN(C)C(=NC)NCc2ccc(F)c(CO)c2)cc1.I. The normalized spacial score (nSPS) is 10.9. The molecular weight excluding hydrogens is 460 g/mol. The topological polar surface area (TPSA) is 57.1 Å². The Morgan fingerprint density at radius 3 is 2.44 bits per heavy atom. The van der Waals surface area contributed by atoms with E-state index in [2.05, 4.69) is 10.3 Å². The van der Waals surface area contributed by atoms with Crippen LogP contribution < -0.4 is 10.1 Å². The van der Waals surface area contributed by atoms with Gasteiger partial charge >= 0.3 is 0 Å². The molecule has 148 valence electrons. The molecule has 0 radical (unpaired) electrons. The van der Waals surface area contributed by atoms with Gasteiger partial charge in [0.2, 0.25) is 0 Å². The van der Waals surface area contributed by atoms with Crippen molar-refractivity contribution in [3.8, 4) is 5.75 Å². The first-order valence-corrected chi connectivity index (χ1v) is 8.59. The summed E-state index contributed by atoms with van der Waals surface area (Å²) in [6, 6.07) is 12.7. The zero-order valence-corrected chi connectivity index (χ0v) is 18.2. The van der Waals surface area contributed by atoms with Crippen molar-refractivity contribution in [1.29, 1.82) is 0 Å². The molecule has 2 N–H and O–H groups in total. The Bertz CT molecular complexity index is 739. The smallest absolute Gasteiger partial charge is 0.193 e. The molecule has 2 aromatic rings. The van der Waals surface area contributed by atoms with Crippen LogP contribution in [-0.4, -0.2) is 36.7 Å². The minimum atomic E-state index is -0.395. The molecule has 0 aliphatic rings. The monoisotopic (exact) mass is 487 g/mol. The molecule has 0 saturated heterocycles. The number of benzene rings is 2. The van der Waals surface area contributed by atoms with Crippen LogP contribution in [0.15, 0.2) is 47.5 Å². The number of rotatable bonds is 7. The number of hydrogen-bond acceptors (Lipinski definition) is 3. The van der Waals surface area contributed by atoms with Crippen LogP contribution in [0.4, 0.5) is 4.39 Å². The van der Waals surface area contributed by atoms with Crippen molar-refractivity contribution in [1.82, 2.24) is 10.2 Å². The quantitative estimate of drug-likeness (QED) is 0.357. The van der Waals surface area contributed by atoms with E-state index >= 15 is 0 Å². The first-order valence-electron chi connectivity index (χ1n) is 8.59. The van der Waals surface area contributed by atoms with Crippen LogP contribution in [0.3, 0.4) is 0 Å². The fourth-order valence-corrected chi connectivity index (χ4v) is 2.63. The Labute approximate surface area is 177 Å². The maximum Gasteiger partial charge on any atom is 0.193 e. The number of guanidine groups is 1. The van der Waals surface area contributed by atoms with Crippen LogP contribution in [0, 0.1) is 5.82 Å². The standard InChI is InChI=1S/C20H26FN3O2.HI/c1-4-26-18-8-5-15(6-9-18)13-24(3)20(22-2)23-12-16-7-10-19(21)17(11-16)14-25;/h5-11,25H,4,12-14H2,1-3H3,(H,22,23);1H. The zero-order chi connectivity index (χ0) is 18.9. The Kier molecular flexibility index (Phi) is 10.1. The van der Waals surface area contributed by atoms with Crippen LogP contribution in [0.2, 0.25) is 0 Å². The highest BCUT2D eigenvalue weighted by Gasteiger charge is 2.08. The molecule has 0 aromatic heterocycles. The second-order valence-corrected chi connectivity index (χ2v) is 5.92. The minimum Gasteiger partial charge on any atom is -0.494 e. The van der Waals surface area contributed by atoms with E-state index in [1.54, 1.807) is 19.2 Å². The zero-order valence-electron chi connectivity index (χ0n) is 15.9. The number of aliphatic imine (C=N–C) groups is 1. The summed E-state index contributed by atoms with van der Waals surface area (Å²) >= 11 is 0. The lowest BCUT2D eigenvalue weighted by Gasteiger charge is -2.22. The Hall–Kier alpha value is -1.87. The lowest BCUT2D eigenvalue weighted by molar-refractivity contribution is 0.275. The summed E-state index contributed by atoms with van der Waals surface area (Å²) in [5.41, 5.74) is 2.32. The Morgan fingerprint density at radius 1 is 1.19 bits per heavy atom. The molecular formula is C20H27FIN3O2. The molecule has 0 spiro atoms. The fraction of sp³-hybridized carbons (Fsp3) is 0.350. The third kappa shape index (κ3) is 6.99. The first-order chi connectivity index (χ1) is 12.6. The molecule has 5 nitrogen and oxygen atoms in total. The molecule has 2 rings (SSSR count). The highest BCUT2D eigenvalue weighted by Crippen LogP contribution is 2.14. The van der Waals surface area contributed by atoms with E-state index in [9.17, 15) is 9.50 Å².